The molecule has 20 heavy (non-hydrogen) atoms. The number of phenolic OH excluding ortho intramolecular Hbond substituents is 1. The number of rotatable bonds is 7. The van der Waals surface area contributed by atoms with Crippen LogP contribution in [0.1, 0.15) is 18.9 Å². The second-order valence-corrected chi connectivity index (χ2v) is 4.98. The van der Waals surface area contributed by atoms with Crippen molar-refractivity contribution in [2.45, 2.75) is 19.9 Å². The number of thiocarbonyl (C=S) groups is 1. The van der Waals surface area contributed by atoms with Gasteiger partial charge in [0, 0.05) is 19.4 Å². The summed E-state index contributed by atoms with van der Waals surface area (Å²) in [6, 6.07) is 5.14. The summed E-state index contributed by atoms with van der Waals surface area (Å²) in [6.07, 6.45) is 2.05. The summed E-state index contributed by atoms with van der Waals surface area (Å²) in [5.74, 6) is 0.162. The fourth-order valence-corrected chi connectivity index (χ4v) is 2.03. The summed E-state index contributed by atoms with van der Waals surface area (Å²) in [5.41, 5.74) is 5.99. The summed E-state index contributed by atoms with van der Waals surface area (Å²) in [6.45, 7) is 2.36. The Bertz CT molecular complexity index is 491. The molecule has 0 saturated carbocycles. The number of hydrogen-bond donors (Lipinski definition) is 3. The third kappa shape index (κ3) is 5.44. The van der Waals surface area contributed by atoms with Crippen molar-refractivity contribution < 1.29 is 14.6 Å². The van der Waals surface area contributed by atoms with E-state index < -0.39 is 0 Å². The van der Waals surface area contributed by atoms with Crippen molar-refractivity contribution in [3.05, 3.63) is 30.2 Å². The SMILES string of the molecule is COc1ccc(CNC(=S)[CH][C@H](C)CC(N)=O)cc1O. The minimum absolute atomic E-state index is 0.00299. The number of amides is 1. The molecule has 5 nitrogen and oxygen atoms in total. The van der Waals surface area contributed by atoms with E-state index in [1.807, 2.05) is 13.0 Å². The fraction of sp³-hybridized carbons (Fsp3) is 0.357. The first-order valence-electron chi connectivity index (χ1n) is 6.19. The van der Waals surface area contributed by atoms with E-state index in [1.165, 1.54) is 7.11 Å². The first kappa shape index (κ1) is 16.2. The van der Waals surface area contributed by atoms with Crippen molar-refractivity contribution in [2.75, 3.05) is 7.11 Å². The molecule has 0 bridgehead atoms. The van der Waals surface area contributed by atoms with Crippen LogP contribution in [0.3, 0.4) is 0 Å². The second kappa shape index (κ2) is 7.69. The van der Waals surface area contributed by atoms with E-state index in [9.17, 15) is 9.90 Å². The molecule has 0 fully saturated rings. The van der Waals surface area contributed by atoms with E-state index in [4.69, 9.17) is 22.7 Å². The van der Waals surface area contributed by atoms with Gasteiger partial charge in [0.05, 0.1) is 12.1 Å². The van der Waals surface area contributed by atoms with Crippen molar-refractivity contribution in [3.63, 3.8) is 0 Å². The molecular formula is C14H19N2O3S. The van der Waals surface area contributed by atoms with Gasteiger partial charge < -0.3 is 20.9 Å². The maximum Gasteiger partial charge on any atom is 0.217 e. The van der Waals surface area contributed by atoms with Crippen molar-refractivity contribution in [1.29, 1.82) is 0 Å². The van der Waals surface area contributed by atoms with Crippen LogP contribution in [-0.4, -0.2) is 23.1 Å². The summed E-state index contributed by atoms with van der Waals surface area (Å²) >= 11 is 5.16. The number of ether oxygens (including phenoxy) is 1. The average Bonchev–Trinajstić information content (AvgIpc) is 2.35. The van der Waals surface area contributed by atoms with Gasteiger partial charge in [0.15, 0.2) is 11.5 Å². The van der Waals surface area contributed by atoms with Crippen molar-refractivity contribution in [3.8, 4) is 11.5 Å². The maximum atomic E-state index is 10.8. The molecule has 0 spiro atoms. The zero-order chi connectivity index (χ0) is 15.1. The Hall–Kier alpha value is -1.82. The third-order valence-corrected chi connectivity index (χ3v) is 2.95. The normalized spacial score (nSPS) is 11.7. The number of carbonyl (C=O) groups excluding carboxylic acids is 1. The molecule has 1 aromatic rings. The molecule has 0 heterocycles. The van der Waals surface area contributed by atoms with Crippen LogP contribution < -0.4 is 15.8 Å². The Morgan fingerprint density at radius 1 is 1.60 bits per heavy atom. The van der Waals surface area contributed by atoms with Crippen LogP contribution in [0.2, 0.25) is 0 Å². The van der Waals surface area contributed by atoms with Crippen LogP contribution in [0.25, 0.3) is 0 Å². The van der Waals surface area contributed by atoms with Gasteiger partial charge in [0.1, 0.15) is 0 Å². The molecular weight excluding hydrogens is 276 g/mol. The molecule has 1 aromatic carbocycles. The first-order chi connectivity index (χ1) is 9.42. The monoisotopic (exact) mass is 295 g/mol. The number of hydrogen-bond acceptors (Lipinski definition) is 4. The molecule has 109 valence electrons. The Morgan fingerprint density at radius 2 is 2.30 bits per heavy atom. The summed E-state index contributed by atoms with van der Waals surface area (Å²) in [5, 5.41) is 12.7. The molecule has 1 radical (unpaired) electrons. The van der Waals surface area contributed by atoms with E-state index in [0.717, 1.165) is 5.56 Å². The van der Waals surface area contributed by atoms with Gasteiger partial charge in [-0.15, -0.1) is 0 Å². The number of nitrogens with one attached hydrogen (secondary N) is 1. The number of primary amides is 1. The van der Waals surface area contributed by atoms with Gasteiger partial charge in [0.2, 0.25) is 5.91 Å². The predicted molar refractivity (Wildman–Crippen MR) is 81.4 cm³/mol. The number of benzene rings is 1. The van der Waals surface area contributed by atoms with Crippen LogP contribution in [-0.2, 0) is 11.3 Å². The van der Waals surface area contributed by atoms with E-state index in [2.05, 4.69) is 5.32 Å². The van der Waals surface area contributed by atoms with Gasteiger partial charge in [0.25, 0.3) is 0 Å². The molecule has 0 aromatic heterocycles. The molecule has 0 saturated heterocycles. The van der Waals surface area contributed by atoms with Crippen LogP contribution >= 0.6 is 12.2 Å². The number of aromatic hydroxyl groups is 1. The number of methoxy groups -OCH3 is 1. The molecule has 6 heteroatoms. The molecule has 1 amide bonds. The highest BCUT2D eigenvalue weighted by molar-refractivity contribution is 7.80. The molecule has 0 unspecified atom stereocenters. The van der Waals surface area contributed by atoms with Gasteiger partial charge in [-0.05, 0) is 23.6 Å². The van der Waals surface area contributed by atoms with Crippen LogP contribution in [0.5, 0.6) is 11.5 Å². The van der Waals surface area contributed by atoms with E-state index in [-0.39, 0.29) is 24.0 Å². The van der Waals surface area contributed by atoms with Gasteiger partial charge in [-0.1, -0.05) is 25.2 Å². The molecule has 1 atom stereocenters. The Kier molecular flexibility index (Phi) is 6.24. The first-order valence-corrected chi connectivity index (χ1v) is 6.60. The highest BCUT2D eigenvalue weighted by Gasteiger charge is 2.09. The highest BCUT2D eigenvalue weighted by Crippen LogP contribution is 2.26. The van der Waals surface area contributed by atoms with Crippen molar-refractivity contribution in [2.24, 2.45) is 11.7 Å². The maximum absolute atomic E-state index is 10.8. The zero-order valence-electron chi connectivity index (χ0n) is 11.6. The number of phenols is 1. The molecule has 0 aliphatic heterocycles. The molecule has 1 rings (SSSR count). The lowest BCUT2D eigenvalue weighted by Gasteiger charge is -2.12. The lowest BCUT2D eigenvalue weighted by atomic mass is 10.0. The van der Waals surface area contributed by atoms with E-state index in [1.54, 1.807) is 18.6 Å². The fourth-order valence-electron chi connectivity index (χ4n) is 1.73. The predicted octanol–water partition coefficient (Wildman–Crippen LogP) is 1.53. The number of nitrogens with two attached hydrogens (primary N) is 1. The average molecular weight is 295 g/mol. The summed E-state index contributed by atoms with van der Waals surface area (Å²) < 4.78 is 4.97. The minimum atomic E-state index is -0.350. The van der Waals surface area contributed by atoms with E-state index in [0.29, 0.717) is 17.3 Å². The standard InChI is InChI=1S/C14H19N2O3S/c1-9(5-13(15)18)6-14(20)16-8-10-3-4-12(19-2)11(17)7-10/h3-4,6-7,9,17H,5,8H2,1-2H3,(H2,15,18)(H,16,20)/t9-/m1/s1. The Labute approximate surface area is 124 Å². The van der Waals surface area contributed by atoms with Crippen molar-refractivity contribution >= 4 is 23.1 Å². The zero-order valence-corrected chi connectivity index (χ0v) is 12.4. The van der Waals surface area contributed by atoms with Gasteiger partial charge >= 0.3 is 0 Å². The minimum Gasteiger partial charge on any atom is -0.504 e. The summed E-state index contributed by atoms with van der Waals surface area (Å²) in [7, 11) is 1.50. The van der Waals surface area contributed by atoms with E-state index >= 15 is 0 Å². The lowest BCUT2D eigenvalue weighted by molar-refractivity contribution is -0.118. The smallest absolute Gasteiger partial charge is 0.217 e. The van der Waals surface area contributed by atoms with Crippen LogP contribution in [0.4, 0.5) is 0 Å². The summed E-state index contributed by atoms with van der Waals surface area (Å²) in [4.78, 5) is 11.3. The Balaban J connectivity index is 2.44. The molecule has 4 N–H and O–H groups in total. The topological polar surface area (TPSA) is 84.6 Å². The third-order valence-electron chi connectivity index (χ3n) is 2.67. The molecule has 0 aliphatic rings. The van der Waals surface area contributed by atoms with Gasteiger partial charge in [-0.25, -0.2) is 0 Å². The molecule has 0 aliphatic carbocycles. The van der Waals surface area contributed by atoms with Gasteiger partial charge in [-0.3, -0.25) is 4.79 Å². The lowest BCUT2D eigenvalue weighted by Crippen LogP contribution is -2.25. The Morgan fingerprint density at radius 3 is 2.85 bits per heavy atom. The highest BCUT2D eigenvalue weighted by atomic mass is 32.1. The van der Waals surface area contributed by atoms with Crippen LogP contribution in [0.15, 0.2) is 18.2 Å². The second-order valence-electron chi connectivity index (χ2n) is 4.54. The number of carbonyl (C=O) groups is 1. The quantitative estimate of drug-likeness (QED) is 0.664. The van der Waals surface area contributed by atoms with Crippen molar-refractivity contribution in [1.82, 2.24) is 5.32 Å². The van der Waals surface area contributed by atoms with Gasteiger partial charge in [-0.2, -0.15) is 0 Å². The van der Waals surface area contributed by atoms with Crippen LogP contribution in [0, 0.1) is 12.3 Å². The largest absolute Gasteiger partial charge is 0.504 e.